The molecule has 0 aliphatic carbocycles. The van der Waals surface area contributed by atoms with Crippen molar-refractivity contribution < 1.29 is 4.79 Å². The van der Waals surface area contributed by atoms with Gasteiger partial charge in [-0.15, -0.1) is 22.7 Å². The zero-order chi connectivity index (χ0) is 16.4. The number of hydrogen-bond acceptors (Lipinski definition) is 5. The number of rotatable bonds is 4. The number of nitrogens with zero attached hydrogens (tertiary/aromatic N) is 3. The van der Waals surface area contributed by atoms with Crippen LogP contribution in [0.15, 0.2) is 46.0 Å². The minimum absolute atomic E-state index is 0.133. The number of amides is 1. The van der Waals surface area contributed by atoms with Crippen molar-refractivity contribution in [2.24, 2.45) is 7.05 Å². The van der Waals surface area contributed by atoms with Crippen LogP contribution in [-0.4, -0.2) is 27.4 Å². The second kappa shape index (κ2) is 6.47. The predicted molar refractivity (Wildman–Crippen MR) is 92.9 cm³/mol. The highest BCUT2D eigenvalue weighted by molar-refractivity contribution is 7.20. The third-order valence-corrected chi connectivity index (χ3v) is 5.29. The van der Waals surface area contributed by atoms with E-state index in [2.05, 4.69) is 4.98 Å². The number of thiazole rings is 1. The first-order chi connectivity index (χ1) is 11.0. The molecule has 1 amide bonds. The van der Waals surface area contributed by atoms with Crippen molar-refractivity contribution >= 4 is 28.6 Å². The standard InChI is InChI=1S/C16H15N3O2S2/c1-18-8-11(5-6-14(18)20)16(21)19(2)9-12-10-23-15(17-12)13-4-3-7-22-13/h3-8,10H,9H2,1-2H3. The fourth-order valence-corrected chi connectivity index (χ4v) is 3.77. The van der Waals surface area contributed by atoms with E-state index in [0.29, 0.717) is 12.1 Å². The van der Waals surface area contributed by atoms with E-state index in [1.165, 1.54) is 10.6 Å². The van der Waals surface area contributed by atoms with Gasteiger partial charge < -0.3 is 9.47 Å². The molecule has 0 fully saturated rings. The summed E-state index contributed by atoms with van der Waals surface area (Å²) in [6, 6.07) is 6.99. The average Bonchev–Trinajstić information content (AvgIpc) is 3.20. The van der Waals surface area contributed by atoms with Crippen molar-refractivity contribution in [3.63, 3.8) is 0 Å². The molecule has 3 aromatic heterocycles. The van der Waals surface area contributed by atoms with Gasteiger partial charge in [0.25, 0.3) is 5.91 Å². The van der Waals surface area contributed by atoms with Gasteiger partial charge in [-0.05, 0) is 17.5 Å². The van der Waals surface area contributed by atoms with Crippen LogP contribution in [0, 0.1) is 0 Å². The van der Waals surface area contributed by atoms with Gasteiger partial charge in [-0.1, -0.05) is 6.07 Å². The molecule has 0 saturated carbocycles. The largest absolute Gasteiger partial charge is 0.336 e. The Kier molecular flexibility index (Phi) is 4.40. The normalized spacial score (nSPS) is 10.7. The number of pyridine rings is 1. The van der Waals surface area contributed by atoms with E-state index in [1.54, 1.807) is 53.9 Å². The van der Waals surface area contributed by atoms with Crippen LogP contribution in [0.3, 0.4) is 0 Å². The summed E-state index contributed by atoms with van der Waals surface area (Å²) in [4.78, 5) is 31.2. The summed E-state index contributed by atoms with van der Waals surface area (Å²) in [6.45, 7) is 0.434. The first-order valence-corrected chi connectivity index (χ1v) is 8.71. The average molecular weight is 345 g/mol. The van der Waals surface area contributed by atoms with Gasteiger partial charge in [-0.25, -0.2) is 4.98 Å². The number of thiophene rings is 1. The van der Waals surface area contributed by atoms with Gasteiger partial charge in [0, 0.05) is 31.7 Å². The number of hydrogen-bond donors (Lipinski definition) is 0. The maximum absolute atomic E-state index is 12.4. The molecular weight excluding hydrogens is 330 g/mol. The van der Waals surface area contributed by atoms with Crippen LogP contribution in [0.2, 0.25) is 0 Å². The Morgan fingerprint density at radius 2 is 2.13 bits per heavy atom. The second-order valence-electron chi connectivity index (χ2n) is 5.15. The van der Waals surface area contributed by atoms with E-state index in [4.69, 9.17) is 0 Å². The quantitative estimate of drug-likeness (QED) is 0.731. The highest BCUT2D eigenvalue weighted by Crippen LogP contribution is 2.28. The van der Waals surface area contributed by atoms with Crippen LogP contribution in [0.1, 0.15) is 16.1 Å². The molecule has 0 bridgehead atoms. The van der Waals surface area contributed by atoms with E-state index >= 15 is 0 Å². The Balaban J connectivity index is 1.73. The Morgan fingerprint density at radius 1 is 1.30 bits per heavy atom. The van der Waals surface area contributed by atoms with E-state index in [9.17, 15) is 9.59 Å². The van der Waals surface area contributed by atoms with Crippen molar-refractivity contribution in [2.45, 2.75) is 6.54 Å². The molecule has 0 atom stereocenters. The molecule has 0 aliphatic rings. The topological polar surface area (TPSA) is 55.2 Å². The maximum Gasteiger partial charge on any atom is 0.255 e. The van der Waals surface area contributed by atoms with Gasteiger partial charge in [0.05, 0.1) is 22.7 Å². The maximum atomic E-state index is 12.4. The lowest BCUT2D eigenvalue weighted by molar-refractivity contribution is 0.0782. The zero-order valence-corrected chi connectivity index (χ0v) is 14.4. The molecule has 0 radical (unpaired) electrons. The molecule has 5 nitrogen and oxygen atoms in total. The molecule has 7 heteroatoms. The molecule has 0 aromatic carbocycles. The van der Waals surface area contributed by atoms with Crippen LogP contribution < -0.4 is 5.56 Å². The first-order valence-electron chi connectivity index (χ1n) is 6.95. The Labute approximate surface area is 141 Å². The van der Waals surface area contributed by atoms with Gasteiger partial charge in [0.15, 0.2) is 0 Å². The Morgan fingerprint density at radius 3 is 2.83 bits per heavy atom. The van der Waals surface area contributed by atoms with Crippen molar-refractivity contribution in [3.05, 3.63) is 62.8 Å². The summed E-state index contributed by atoms with van der Waals surface area (Å²) >= 11 is 3.23. The fraction of sp³-hybridized carbons (Fsp3) is 0.188. The minimum atomic E-state index is -0.135. The summed E-state index contributed by atoms with van der Waals surface area (Å²) in [5, 5.41) is 4.96. The second-order valence-corrected chi connectivity index (χ2v) is 6.96. The lowest BCUT2D eigenvalue weighted by Gasteiger charge is -2.16. The first kappa shape index (κ1) is 15.6. The third kappa shape index (κ3) is 3.40. The molecule has 118 valence electrons. The van der Waals surface area contributed by atoms with E-state index in [1.807, 2.05) is 22.9 Å². The number of carbonyl (C=O) groups excluding carboxylic acids is 1. The molecule has 0 N–H and O–H groups in total. The molecule has 3 rings (SSSR count). The molecule has 0 unspecified atom stereocenters. The van der Waals surface area contributed by atoms with Gasteiger partial charge in [-0.2, -0.15) is 0 Å². The van der Waals surface area contributed by atoms with Crippen molar-refractivity contribution in [1.82, 2.24) is 14.5 Å². The smallest absolute Gasteiger partial charge is 0.255 e. The van der Waals surface area contributed by atoms with E-state index in [0.717, 1.165) is 15.6 Å². The monoisotopic (exact) mass is 345 g/mol. The summed E-state index contributed by atoms with van der Waals surface area (Å²) in [6.07, 6.45) is 1.55. The lowest BCUT2D eigenvalue weighted by Crippen LogP contribution is -2.28. The van der Waals surface area contributed by atoms with Gasteiger partial charge in [0.2, 0.25) is 5.56 Å². The molecule has 0 aliphatic heterocycles. The van der Waals surface area contributed by atoms with Crippen LogP contribution in [-0.2, 0) is 13.6 Å². The lowest BCUT2D eigenvalue weighted by atomic mass is 10.2. The molecule has 0 spiro atoms. The number of aromatic nitrogens is 2. The summed E-state index contributed by atoms with van der Waals surface area (Å²) in [5.41, 5.74) is 1.21. The zero-order valence-electron chi connectivity index (χ0n) is 12.7. The van der Waals surface area contributed by atoms with Crippen LogP contribution in [0.5, 0.6) is 0 Å². The van der Waals surface area contributed by atoms with Crippen molar-refractivity contribution in [1.29, 1.82) is 0 Å². The minimum Gasteiger partial charge on any atom is -0.336 e. The van der Waals surface area contributed by atoms with Gasteiger partial charge >= 0.3 is 0 Å². The third-order valence-electron chi connectivity index (χ3n) is 3.36. The molecule has 0 saturated heterocycles. The SMILES string of the molecule is CN(Cc1csc(-c2cccs2)n1)C(=O)c1ccc(=O)n(C)c1. The fourth-order valence-electron chi connectivity index (χ4n) is 2.15. The van der Waals surface area contributed by atoms with Gasteiger partial charge in [0.1, 0.15) is 5.01 Å². The Bertz CT molecular complexity index is 881. The van der Waals surface area contributed by atoms with E-state index in [-0.39, 0.29) is 11.5 Å². The van der Waals surface area contributed by atoms with Crippen LogP contribution >= 0.6 is 22.7 Å². The highest BCUT2D eigenvalue weighted by atomic mass is 32.1. The molecule has 3 aromatic rings. The highest BCUT2D eigenvalue weighted by Gasteiger charge is 2.15. The van der Waals surface area contributed by atoms with Crippen LogP contribution in [0.4, 0.5) is 0 Å². The summed E-state index contributed by atoms with van der Waals surface area (Å²) in [7, 11) is 3.37. The molecular formula is C16H15N3O2S2. The summed E-state index contributed by atoms with van der Waals surface area (Å²) in [5.74, 6) is -0.133. The number of aryl methyl sites for hydroxylation is 1. The molecule has 3 heterocycles. The predicted octanol–water partition coefficient (Wildman–Crippen LogP) is 2.84. The number of carbonyl (C=O) groups is 1. The summed E-state index contributed by atoms with van der Waals surface area (Å²) < 4.78 is 1.40. The van der Waals surface area contributed by atoms with E-state index < -0.39 is 0 Å². The van der Waals surface area contributed by atoms with Crippen molar-refractivity contribution in [2.75, 3.05) is 7.05 Å². The van der Waals surface area contributed by atoms with Crippen molar-refractivity contribution in [3.8, 4) is 9.88 Å². The molecule has 23 heavy (non-hydrogen) atoms. The van der Waals surface area contributed by atoms with Gasteiger partial charge in [-0.3, -0.25) is 9.59 Å². The van der Waals surface area contributed by atoms with Crippen LogP contribution in [0.25, 0.3) is 9.88 Å². The Hall–Kier alpha value is -2.25.